The first-order valence-corrected chi connectivity index (χ1v) is 7.16. The lowest BCUT2D eigenvalue weighted by Crippen LogP contribution is -2.10. The molecule has 2 rings (SSSR count). The fraction of sp³-hybridized carbons (Fsp3) is 0.375. The number of anilines is 2. The molecule has 5 nitrogen and oxygen atoms in total. The summed E-state index contributed by atoms with van der Waals surface area (Å²) in [5.41, 5.74) is 6.24. The van der Waals surface area contributed by atoms with E-state index in [1.807, 2.05) is 45.9 Å². The Bertz CT molecular complexity index is 626. The number of aromatic amines is 1. The number of aromatic nitrogens is 2. The van der Waals surface area contributed by atoms with Crippen molar-refractivity contribution in [1.29, 1.82) is 0 Å². The summed E-state index contributed by atoms with van der Waals surface area (Å²) in [5, 5.41) is 13.5. The van der Waals surface area contributed by atoms with Crippen LogP contribution in [0, 0.1) is 20.8 Å². The van der Waals surface area contributed by atoms with E-state index in [1.54, 1.807) is 0 Å². The summed E-state index contributed by atoms with van der Waals surface area (Å²) in [7, 11) is 0. The third-order valence-electron chi connectivity index (χ3n) is 3.58. The Kier molecular flexibility index (Phi) is 4.62. The number of carbonyl (C=O) groups is 1. The van der Waals surface area contributed by atoms with Gasteiger partial charge >= 0.3 is 0 Å². The highest BCUT2D eigenvalue weighted by Crippen LogP contribution is 2.22. The zero-order chi connectivity index (χ0) is 15.4. The minimum atomic E-state index is 0.0197. The Morgan fingerprint density at radius 3 is 2.67 bits per heavy atom. The van der Waals surface area contributed by atoms with E-state index in [0.29, 0.717) is 13.0 Å². The number of hydrogen-bond acceptors (Lipinski definition) is 3. The van der Waals surface area contributed by atoms with Gasteiger partial charge in [-0.25, -0.2) is 0 Å². The first-order valence-electron chi connectivity index (χ1n) is 7.16. The molecule has 5 heteroatoms. The smallest absolute Gasteiger partial charge is 0.224 e. The van der Waals surface area contributed by atoms with E-state index >= 15 is 0 Å². The van der Waals surface area contributed by atoms with Crippen LogP contribution in [0.25, 0.3) is 0 Å². The summed E-state index contributed by atoms with van der Waals surface area (Å²) in [6, 6.07) is 5.89. The van der Waals surface area contributed by atoms with Crippen molar-refractivity contribution >= 4 is 17.3 Å². The molecule has 0 bridgehead atoms. The third-order valence-corrected chi connectivity index (χ3v) is 3.58. The van der Waals surface area contributed by atoms with Gasteiger partial charge in [0.15, 0.2) is 0 Å². The van der Waals surface area contributed by atoms with Crippen LogP contribution in [0.1, 0.15) is 35.9 Å². The summed E-state index contributed by atoms with van der Waals surface area (Å²) < 4.78 is 0. The van der Waals surface area contributed by atoms with Crippen LogP contribution >= 0.6 is 0 Å². The number of aryl methyl sites for hydroxylation is 3. The van der Waals surface area contributed by atoms with E-state index < -0.39 is 0 Å². The van der Waals surface area contributed by atoms with Crippen molar-refractivity contribution < 1.29 is 4.79 Å². The standard InChI is InChI=1S/C16H22N4O/c1-5-16(21)18-13-7-6-10(2)15(8-13)17-9-14-11(3)19-20-12(14)4/h6-8,17H,5,9H2,1-4H3,(H,18,21)(H,19,20). The summed E-state index contributed by atoms with van der Waals surface area (Å²) in [5.74, 6) is 0.0197. The van der Waals surface area contributed by atoms with Crippen molar-refractivity contribution in [2.24, 2.45) is 0 Å². The molecule has 0 saturated carbocycles. The van der Waals surface area contributed by atoms with E-state index in [9.17, 15) is 4.79 Å². The van der Waals surface area contributed by atoms with Gasteiger partial charge < -0.3 is 10.6 Å². The largest absolute Gasteiger partial charge is 0.381 e. The van der Waals surface area contributed by atoms with Crippen LogP contribution < -0.4 is 10.6 Å². The Labute approximate surface area is 125 Å². The molecule has 1 amide bonds. The molecule has 112 valence electrons. The second kappa shape index (κ2) is 6.43. The maximum Gasteiger partial charge on any atom is 0.224 e. The number of rotatable bonds is 5. The van der Waals surface area contributed by atoms with E-state index in [0.717, 1.165) is 28.3 Å². The highest BCUT2D eigenvalue weighted by Gasteiger charge is 2.07. The molecule has 1 heterocycles. The number of amides is 1. The number of nitrogens with zero attached hydrogens (tertiary/aromatic N) is 1. The molecule has 3 N–H and O–H groups in total. The van der Waals surface area contributed by atoms with Crippen LogP contribution in [0.4, 0.5) is 11.4 Å². The molecule has 0 aliphatic carbocycles. The third kappa shape index (κ3) is 3.62. The number of H-pyrrole nitrogens is 1. The zero-order valence-corrected chi connectivity index (χ0v) is 13.0. The molecule has 0 radical (unpaired) electrons. The predicted octanol–water partition coefficient (Wildman–Crippen LogP) is 3.30. The Morgan fingerprint density at radius 2 is 2.05 bits per heavy atom. The lowest BCUT2D eigenvalue weighted by molar-refractivity contribution is -0.115. The van der Waals surface area contributed by atoms with Crippen LogP contribution in [0.3, 0.4) is 0 Å². The van der Waals surface area contributed by atoms with Gasteiger partial charge in [0, 0.05) is 35.6 Å². The van der Waals surface area contributed by atoms with Crippen molar-refractivity contribution in [3.05, 3.63) is 40.7 Å². The summed E-state index contributed by atoms with van der Waals surface area (Å²) >= 11 is 0. The molecule has 0 fully saturated rings. The number of nitrogens with one attached hydrogen (secondary N) is 3. The van der Waals surface area contributed by atoms with Crippen molar-refractivity contribution in [3.8, 4) is 0 Å². The molecule has 2 aromatic rings. The van der Waals surface area contributed by atoms with Crippen LogP contribution in [0.2, 0.25) is 0 Å². The van der Waals surface area contributed by atoms with Crippen LogP contribution in [-0.2, 0) is 11.3 Å². The van der Waals surface area contributed by atoms with E-state index in [2.05, 4.69) is 20.8 Å². The van der Waals surface area contributed by atoms with E-state index in [-0.39, 0.29) is 5.91 Å². The zero-order valence-electron chi connectivity index (χ0n) is 13.0. The fourth-order valence-electron chi connectivity index (χ4n) is 2.16. The Balaban J connectivity index is 2.12. The maximum absolute atomic E-state index is 11.5. The second-order valence-electron chi connectivity index (χ2n) is 5.20. The van der Waals surface area contributed by atoms with Gasteiger partial charge in [-0.2, -0.15) is 5.10 Å². The van der Waals surface area contributed by atoms with Crippen molar-refractivity contribution in [3.63, 3.8) is 0 Å². The first kappa shape index (κ1) is 15.1. The summed E-state index contributed by atoms with van der Waals surface area (Å²) in [6.45, 7) is 8.60. The average molecular weight is 286 g/mol. The molecular formula is C16H22N4O. The minimum absolute atomic E-state index is 0.0197. The van der Waals surface area contributed by atoms with Gasteiger partial charge in [-0.05, 0) is 38.5 Å². The molecule has 21 heavy (non-hydrogen) atoms. The lowest BCUT2D eigenvalue weighted by Gasteiger charge is -2.12. The van der Waals surface area contributed by atoms with Crippen LogP contribution in [-0.4, -0.2) is 16.1 Å². The monoisotopic (exact) mass is 286 g/mol. The molecule has 0 saturated heterocycles. The van der Waals surface area contributed by atoms with Crippen LogP contribution in [0.15, 0.2) is 18.2 Å². The summed E-state index contributed by atoms with van der Waals surface area (Å²) in [4.78, 5) is 11.5. The van der Waals surface area contributed by atoms with Crippen molar-refractivity contribution in [2.75, 3.05) is 10.6 Å². The van der Waals surface area contributed by atoms with Crippen molar-refractivity contribution in [1.82, 2.24) is 10.2 Å². The van der Waals surface area contributed by atoms with Gasteiger partial charge in [0.05, 0.1) is 5.69 Å². The van der Waals surface area contributed by atoms with Gasteiger partial charge in [-0.3, -0.25) is 9.89 Å². The Hall–Kier alpha value is -2.30. The number of hydrogen-bond donors (Lipinski definition) is 3. The van der Waals surface area contributed by atoms with Crippen LogP contribution in [0.5, 0.6) is 0 Å². The molecule has 1 aromatic carbocycles. The minimum Gasteiger partial charge on any atom is -0.381 e. The Morgan fingerprint density at radius 1 is 1.29 bits per heavy atom. The van der Waals surface area contributed by atoms with Gasteiger partial charge in [0.2, 0.25) is 5.91 Å². The molecule has 0 unspecified atom stereocenters. The van der Waals surface area contributed by atoms with Gasteiger partial charge in [-0.1, -0.05) is 13.0 Å². The predicted molar refractivity (Wildman–Crippen MR) is 85.5 cm³/mol. The topological polar surface area (TPSA) is 69.8 Å². The van der Waals surface area contributed by atoms with Gasteiger partial charge in [-0.15, -0.1) is 0 Å². The molecule has 0 atom stereocenters. The second-order valence-corrected chi connectivity index (χ2v) is 5.20. The average Bonchev–Trinajstić information content (AvgIpc) is 2.78. The first-order chi connectivity index (χ1) is 10.0. The van der Waals surface area contributed by atoms with Gasteiger partial charge in [0.25, 0.3) is 0 Å². The normalized spacial score (nSPS) is 10.5. The number of carbonyl (C=O) groups excluding carboxylic acids is 1. The summed E-state index contributed by atoms with van der Waals surface area (Å²) in [6.07, 6.45) is 0.476. The molecule has 0 aliphatic heterocycles. The number of benzene rings is 1. The molecule has 0 aliphatic rings. The molecule has 1 aromatic heterocycles. The highest BCUT2D eigenvalue weighted by atomic mass is 16.1. The van der Waals surface area contributed by atoms with Crippen molar-refractivity contribution in [2.45, 2.75) is 40.7 Å². The molecular weight excluding hydrogens is 264 g/mol. The highest BCUT2D eigenvalue weighted by molar-refractivity contribution is 5.91. The lowest BCUT2D eigenvalue weighted by atomic mass is 10.1. The molecule has 0 spiro atoms. The quantitative estimate of drug-likeness (QED) is 0.790. The van der Waals surface area contributed by atoms with E-state index in [4.69, 9.17) is 0 Å². The van der Waals surface area contributed by atoms with Gasteiger partial charge in [0.1, 0.15) is 0 Å². The maximum atomic E-state index is 11.5. The SMILES string of the molecule is CCC(=O)Nc1ccc(C)c(NCc2c(C)n[nH]c2C)c1. The van der Waals surface area contributed by atoms with E-state index in [1.165, 1.54) is 5.56 Å². The fourth-order valence-corrected chi connectivity index (χ4v) is 2.16.